The second kappa shape index (κ2) is 6.53. The van der Waals surface area contributed by atoms with Crippen LogP contribution >= 0.6 is 0 Å². The monoisotopic (exact) mass is 295 g/mol. The molecule has 1 heteroatoms. The van der Waals surface area contributed by atoms with Crippen molar-refractivity contribution in [3.8, 4) is 0 Å². The highest BCUT2D eigenvalue weighted by molar-refractivity contribution is 8.04. The molecule has 1 unspecified atom stereocenters. The van der Waals surface area contributed by atoms with Gasteiger partial charge in [-0.25, -0.2) is 0 Å². The summed E-state index contributed by atoms with van der Waals surface area (Å²) in [6.07, 6.45) is 14.1. The van der Waals surface area contributed by atoms with Gasteiger partial charge >= 0.3 is 0 Å². The van der Waals surface area contributed by atoms with Gasteiger partial charge in [0.05, 0.1) is 10.9 Å². The fourth-order valence-electron chi connectivity index (χ4n) is 3.05. The number of benzene rings is 1. The summed E-state index contributed by atoms with van der Waals surface area (Å²) in [6, 6.07) is 11.1. The van der Waals surface area contributed by atoms with Gasteiger partial charge in [-0.15, -0.1) is 0 Å². The summed E-state index contributed by atoms with van der Waals surface area (Å²) in [6.45, 7) is 4.55. The van der Waals surface area contributed by atoms with E-state index in [1.807, 2.05) is 0 Å². The molecule has 0 fully saturated rings. The van der Waals surface area contributed by atoms with Gasteiger partial charge in [0.25, 0.3) is 0 Å². The van der Waals surface area contributed by atoms with Gasteiger partial charge in [-0.2, -0.15) is 0 Å². The van der Waals surface area contributed by atoms with Crippen LogP contribution in [0.4, 0.5) is 0 Å². The van der Waals surface area contributed by atoms with Crippen molar-refractivity contribution in [2.45, 2.75) is 44.4 Å². The molecule has 108 valence electrons. The van der Waals surface area contributed by atoms with Crippen molar-refractivity contribution < 1.29 is 0 Å². The van der Waals surface area contributed by atoms with E-state index < -0.39 is 0 Å². The van der Waals surface area contributed by atoms with Crippen LogP contribution < -0.4 is 0 Å². The van der Waals surface area contributed by atoms with Crippen molar-refractivity contribution in [2.75, 3.05) is 0 Å². The number of allylic oxidation sites excluding steroid dienone is 8. The van der Waals surface area contributed by atoms with Crippen LogP contribution in [-0.2, 0) is 10.9 Å². The van der Waals surface area contributed by atoms with Crippen molar-refractivity contribution >= 4 is 10.9 Å². The Bertz CT molecular complexity index is 629. The lowest BCUT2D eigenvalue weighted by Crippen LogP contribution is -2.14. The molecule has 1 aromatic carbocycles. The molecule has 0 radical (unpaired) electrons. The Kier molecular flexibility index (Phi) is 4.50. The first-order valence-corrected chi connectivity index (χ1v) is 9.00. The Morgan fingerprint density at radius 2 is 1.76 bits per heavy atom. The average Bonchev–Trinajstić information content (AvgIpc) is 2.52. The first-order valence-electron chi connectivity index (χ1n) is 7.77. The van der Waals surface area contributed by atoms with Crippen molar-refractivity contribution in [3.63, 3.8) is 0 Å². The molecule has 0 saturated heterocycles. The summed E-state index contributed by atoms with van der Waals surface area (Å²) in [7, 11) is 0.139. The van der Waals surface area contributed by atoms with Crippen LogP contribution in [0.1, 0.15) is 39.5 Å². The molecule has 3 rings (SSSR count). The van der Waals surface area contributed by atoms with E-state index in [0.29, 0.717) is 0 Å². The quantitative estimate of drug-likeness (QED) is 0.608. The Balaban J connectivity index is 2.07. The first-order chi connectivity index (χ1) is 10.3. The molecule has 1 aromatic rings. The molecule has 2 aliphatic rings. The third kappa shape index (κ3) is 3.24. The van der Waals surface area contributed by atoms with E-state index in [1.54, 1.807) is 9.81 Å². The summed E-state index contributed by atoms with van der Waals surface area (Å²) in [5.41, 5.74) is 3.01. The van der Waals surface area contributed by atoms with Crippen LogP contribution in [0.3, 0.4) is 0 Å². The molecule has 0 heterocycles. The molecule has 0 bridgehead atoms. The van der Waals surface area contributed by atoms with Crippen LogP contribution in [0.2, 0.25) is 0 Å². The minimum atomic E-state index is 0.139. The van der Waals surface area contributed by atoms with Crippen molar-refractivity contribution in [1.29, 1.82) is 0 Å². The smallest absolute Gasteiger partial charge is 0.0839 e. The predicted molar refractivity (Wildman–Crippen MR) is 94.2 cm³/mol. The molecule has 0 N–H and O–H groups in total. The highest BCUT2D eigenvalue weighted by atomic mass is 32.2. The van der Waals surface area contributed by atoms with Crippen LogP contribution in [0.25, 0.3) is 0 Å². The van der Waals surface area contributed by atoms with Gasteiger partial charge in [0.15, 0.2) is 4.90 Å². The lowest BCUT2D eigenvalue weighted by molar-refractivity contribution is 0.927. The van der Waals surface area contributed by atoms with Crippen molar-refractivity contribution in [2.24, 2.45) is 0 Å². The molecule has 2 aliphatic carbocycles. The molecule has 0 nitrogen and oxygen atoms in total. The maximum absolute atomic E-state index is 2.39. The Morgan fingerprint density at radius 3 is 2.43 bits per heavy atom. The van der Waals surface area contributed by atoms with E-state index in [-0.39, 0.29) is 10.9 Å². The number of hydrogen-bond acceptors (Lipinski definition) is 0. The van der Waals surface area contributed by atoms with Gasteiger partial charge in [-0.3, -0.25) is 0 Å². The lowest BCUT2D eigenvalue weighted by atomic mass is 10.0. The molecule has 0 spiro atoms. The van der Waals surface area contributed by atoms with Gasteiger partial charge in [0.1, 0.15) is 9.81 Å². The minimum Gasteiger partial charge on any atom is -0.0839 e. The summed E-state index contributed by atoms with van der Waals surface area (Å²) >= 11 is 0. The van der Waals surface area contributed by atoms with Gasteiger partial charge in [-0.05, 0) is 44.9 Å². The van der Waals surface area contributed by atoms with E-state index in [2.05, 4.69) is 68.5 Å². The third-order valence-electron chi connectivity index (χ3n) is 4.11. The zero-order valence-corrected chi connectivity index (χ0v) is 13.7. The summed E-state index contributed by atoms with van der Waals surface area (Å²) in [5.74, 6) is 0. The molecule has 21 heavy (non-hydrogen) atoms. The zero-order chi connectivity index (χ0) is 14.7. The van der Waals surface area contributed by atoms with Gasteiger partial charge in [0.2, 0.25) is 0 Å². The van der Waals surface area contributed by atoms with Crippen molar-refractivity contribution in [3.05, 3.63) is 75.6 Å². The van der Waals surface area contributed by atoms with Crippen molar-refractivity contribution in [1.82, 2.24) is 0 Å². The summed E-state index contributed by atoms with van der Waals surface area (Å²) in [4.78, 5) is 4.72. The molecule has 0 aromatic heterocycles. The Labute approximate surface area is 131 Å². The predicted octanol–water partition coefficient (Wildman–Crippen LogP) is 5.91. The Morgan fingerprint density at radius 1 is 0.952 bits per heavy atom. The van der Waals surface area contributed by atoms with E-state index in [0.717, 1.165) is 0 Å². The maximum Gasteiger partial charge on any atom is 0.165 e. The second-order valence-corrected chi connectivity index (χ2v) is 7.92. The number of hydrogen-bond donors (Lipinski definition) is 0. The highest BCUT2D eigenvalue weighted by Crippen LogP contribution is 2.39. The van der Waals surface area contributed by atoms with Crippen LogP contribution in [-0.4, -0.2) is 0 Å². The molecule has 0 amide bonds. The van der Waals surface area contributed by atoms with Gasteiger partial charge in [0, 0.05) is 18.4 Å². The largest absolute Gasteiger partial charge is 0.165 e. The van der Waals surface area contributed by atoms with E-state index in [1.165, 1.54) is 41.7 Å². The van der Waals surface area contributed by atoms with Gasteiger partial charge in [-0.1, -0.05) is 42.0 Å². The summed E-state index contributed by atoms with van der Waals surface area (Å²) < 4.78 is 0. The number of rotatable bonds is 3. The standard InChI is InChI=1S/C20H23S/c1-16-13-14-20(17(2)15-16)21(18-9-5-3-6-10-18)19-11-7-4-8-12-19/h3-7,9-11,15H,8,12-14H2,1-2H3/q+1. The highest BCUT2D eigenvalue weighted by Gasteiger charge is 2.34. The third-order valence-corrected chi connectivity index (χ3v) is 6.74. The zero-order valence-electron chi connectivity index (χ0n) is 12.9. The normalized spacial score (nSPS) is 20.1. The molecule has 0 saturated carbocycles. The van der Waals surface area contributed by atoms with Crippen LogP contribution in [0, 0.1) is 0 Å². The van der Waals surface area contributed by atoms with E-state index in [4.69, 9.17) is 0 Å². The molecular weight excluding hydrogens is 272 g/mol. The second-order valence-electron chi connectivity index (χ2n) is 5.82. The lowest BCUT2D eigenvalue weighted by Gasteiger charge is -2.19. The topological polar surface area (TPSA) is 0 Å². The summed E-state index contributed by atoms with van der Waals surface area (Å²) in [5, 5.41) is 0. The maximum atomic E-state index is 2.39. The minimum absolute atomic E-state index is 0.139. The van der Waals surface area contributed by atoms with Crippen LogP contribution in [0.5, 0.6) is 0 Å². The van der Waals surface area contributed by atoms with E-state index in [9.17, 15) is 0 Å². The van der Waals surface area contributed by atoms with Gasteiger partial charge < -0.3 is 0 Å². The van der Waals surface area contributed by atoms with E-state index >= 15 is 0 Å². The van der Waals surface area contributed by atoms with Crippen LogP contribution in [0.15, 0.2) is 80.5 Å². The Hall–Kier alpha value is -1.47. The molecular formula is C20H23S+. The molecule has 0 aliphatic heterocycles. The fraction of sp³-hybridized carbons (Fsp3) is 0.300. The SMILES string of the molecule is CC1=CC(C)=C([S+](C2=CC=CCC2)c2ccccc2)CC1. The fourth-order valence-corrected chi connectivity index (χ4v) is 5.61. The average molecular weight is 295 g/mol. The molecule has 1 atom stereocenters. The first kappa shape index (κ1) is 14.5.